The van der Waals surface area contributed by atoms with Gasteiger partial charge in [0.1, 0.15) is 22.6 Å². The lowest BCUT2D eigenvalue weighted by atomic mass is 10.0. The van der Waals surface area contributed by atoms with Crippen LogP contribution in [0.3, 0.4) is 0 Å². The first-order valence-electron chi connectivity index (χ1n) is 8.69. The molecule has 1 heterocycles. The van der Waals surface area contributed by atoms with Crippen molar-refractivity contribution in [3.05, 3.63) is 76.2 Å². The zero-order valence-electron chi connectivity index (χ0n) is 16.9. The van der Waals surface area contributed by atoms with Crippen LogP contribution < -0.4 is 14.6 Å². The lowest BCUT2D eigenvalue weighted by molar-refractivity contribution is 0.439. The van der Waals surface area contributed by atoms with E-state index < -0.39 is 22.6 Å². The molecule has 6 nitrogen and oxygen atoms in total. The Morgan fingerprint density at radius 3 is 2.33 bits per heavy atom. The first-order chi connectivity index (χ1) is 13.7. The number of hydrogen-bond acceptors (Lipinski definition) is 3. The van der Waals surface area contributed by atoms with E-state index in [4.69, 9.17) is 4.74 Å². The summed E-state index contributed by atoms with van der Waals surface area (Å²) in [6.07, 6.45) is 3.19. The van der Waals surface area contributed by atoms with Crippen molar-refractivity contribution < 1.29 is 23.2 Å². The zero-order valence-corrected chi connectivity index (χ0v) is 17.7. The molecule has 2 aromatic carbocycles. The monoisotopic (exact) mass is 436 g/mol. The van der Waals surface area contributed by atoms with Gasteiger partial charge in [-0.2, -0.15) is 0 Å². The second-order valence-electron chi connectivity index (χ2n) is 6.61. The van der Waals surface area contributed by atoms with Gasteiger partial charge in [-0.15, -0.1) is 0 Å². The van der Waals surface area contributed by atoms with Crippen LogP contribution in [-0.4, -0.2) is 27.6 Å². The minimum atomic E-state index is -1.25. The maximum atomic E-state index is 14.1. The Bertz CT molecular complexity index is 1140. The first-order valence-corrected chi connectivity index (χ1v) is 10.2. The van der Waals surface area contributed by atoms with Crippen LogP contribution in [0.15, 0.2) is 53.5 Å². The van der Waals surface area contributed by atoms with Gasteiger partial charge in [-0.25, -0.2) is 13.0 Å². The van der Waals surface area contributed by atoms with Crippen molar-refractivity contribution in [2.24, 2.45) is 7.05 Å². The third-order valence-electron chi connectivity index (χ3n) is 4.50. The van der Waals surface area contributed by atoms with Gasteiger partial charge in [0.05, 0.1) is 0 Å². The molecule has 0 radical (unpaired) electrons. The standard InChI is InChI=1S/C21H20F2N2O3S.H2O/c1-13-9-14(12-24(2)21(13)26)17-11-16(25(3)29(4)27)6-8-19(17)28-20-7-5-15(22)10-18(20)23;/h5-12H,1-4H3;1H2. The molecular formula is C21H22F2N2O4S. The van der Waals surface area contributed by atoms with E-state index in [2.05, 4.69) is 0 Å². The smallest absolute Gasteiger partial charge is 0.253 e. The maximum absolute atomic E-state index is 14.1. The second kappa shape index (κ2) is 9.19. The maximum Gasteiger partial charge on any atom is 0.253 e. The number of nitrogens with zero attached hydrogens (tertiary/aromatic N) is 2. The molecule has 0 aliphatic carbocycles. The number of rotatable bonds is 5. The van der Waals surface area contributed by atoms with Crippen LogP contribution in [0, 0.1) is 18.6 Å². The third-order valence-corrected chi connectivity index (χ3v) is 5.48. The molecule has 160 valence electrons. The molecule has 1 unspecified atom stereocenters. The van der Waals surface area contributed by atoms with E-state index >= 15 is 0 Å². The molecule has 0 saturated carbocycles. The van der Waals surface area contributed by atoms with Crippen molar-refractivity contribution in [3.63, 3.8) is 0 Å². The van der Waals surface area contributed by atoms with Gasteiger partial charge in [0.15, 0.2) is 11.6 Å². The number of pyridine rings is 1. The van der Waals surface area contributed by atoms with Crippen LogP contribution in [0.25, 0.3) is 11.1 Å². The van der Waals surface area contributed by atoms with Gasteiger partial charge in [-0.05, 0) is 43.3 Å². The summed E-state index contributed by atoms with van der Waals surface area (Å²) in [5.41, 5.74) is 2.28. The van der Waals surface area contributed by atoms with E-state index in [1.54, 1.807) is 62.0 Å². The Morgan fingerprint density at radius 1 is 1.07 bits per heavy atom. The molecule has 0 fully saturated rings. The summed E-state index contributed by atoms with van der Waals surface area (Å²) in [4.78, 5) is 12.1. The Hall–Kier alpha value is -3.04. The van der Waals surface area contributed by atoms with Gasteiger partial charge < -0.3 is 14.8 Å². The van der Waals surface area contributed by atoms with Crippen molar-refractivity contribution >= 4 is 16.7 Å². The molecule has 3 rings (SSSR count). The minimum absolute atomic E-state index is 0. The van der Waals surface area contributed by atoms with E-state index in [0.717, 1.165) is 12.1 Å². The Morgan fingerprint density at radius 2 is 1.73 bits per heavy atom. The molecule has 3 aromatic rings. The molecule has 9 heteroatoms. The van der Waals surface area contributed by atoms with E-state index in [0.29, 0.717) is 28.1 Å². The number of halogens is 2. The first kappa shape index (κ1) is 23.2. The summed E-state index contributed by atoms with van der Waals surface area (Å²) < 4.78 is 47.9. The summed E-state index contributed by atoms with van der Waals surface area (Å²) >= 11 is 0. The van der Waals surface area contributed by atoms with Gasteiger partial charge in [0.2, 0.25) is 0 Å². The molecule has 0 aliphatic rings. The Kier molecular flexibility index (Phi) is 7.12. The molecule has 0 amide bonds. The Labute approximate surface area is 175 Å². The molecule has 1 atom stereocenters. The number of anilines is 1. The van der Waals surface area contributed by atoms with Gasteiger partial charge in [0, 0.05) is 55.0 Å². The highest BCUT2D eigenvalue weighted by atomic mass is 32.2. The van der Waals surface area contributed by atoms with Gasteiger partial charge in [-0.3, -0.25) is 9.10 Å². The average Bonchev–Trinajstić information content (AvgIpc) is 2.67. The molecule has 0 spiro atoms. The summed E-state index contributed by atoms with van der Waals surface area (Å²) in [7, 11) is 2.06. The number of ether oxygens (including phenoxy) is 1. The summed E-state index contributed by atoms with van der Waals surface area (Å²) in [6, 6.07) is 9.83. The lowest BCUT2D eigenvalue weighted by Crippen LogP contribution is -2.19. The number of hydrogen-bond donors (Lipinski definition) is 0. The predicted molar refractivity (Wildman–Crippen MR) is 114 cm³/mol. The van der Waals surface area contributed by atoms with Crippen LogP contribution in [0.4, 0.5) is 14.5 Å². The molecule has 0 saturated heterocycles. The van der Waals surface area contributed by atoms with Crippen molar-refractivity contribution in [1.29, 1.82) is 0 Å². The highest BCUT2D eigenvalue weighted by Crippen LogP contribution is 2.37. The Balaban J connectivity index is 0.00000320. The van der Waals surface area contributed by atoms with Crippen molar-refractivity contribution in [3.8, 4) is 22.6 Å². The molecule has 1 aromatic heterocycles. The number of benzene rings is 2. The van der Waals surface area contributed by atoms with E-state index in [1.807, 2.05) is 0 Å². The van der Waals surface area contributed by atoms with Crippen molar-refractivity contribution in [2.45, 2.75) is 6.92 Å². The van der Waals surface area contributed by atoms with Crippen LogP contribution in [0.2, 0.25) is 0 Å². The SMILES string of the molecule is Cc1cc(-c2cc(N(C)S(C)=O)ccc2Oc2ccc(F)cc2F)cn(C)c1=O.O. The number of aryl methyl sites for hydroxylation is 2. The zero-order chi connectivity index (χ0) is 21.3. The fourth-order valence-electron chi connectivity index (χ4n) is 2.88. The summed E-state index contributed by atoms with van der Waals surface area (Å²) in [6.45, 7) is 1.70. The fraction of sp³-hybridized carbons (Fsp3) is 0.190. The van der Waals surface area contributed by atoms with Gasteiger partial charge >= 0.3 is 0 Å². The average molecular weight is 436 g/mol. The third kappa shape index (κ3) is 4.74. The van der Waals surface area contributed by atoms with E-state index in [9.17, 15) is 17.8 Å². The summed E-state index contributed by atoms with van der Waals surface area (Å²) in [5.74, 6) is -1.35. The van der Waals surface area contributed by atoms with Crippen LogP contribution >= 0.6 is 0 Å². The molecule has 0 aliphatic heterocycles. The van der Waals surface area contributed by atoms with Gasteiger partial charge in [-0.1, -0.05) is 0 Å². The topological polar surface area (TPSA) is 83.0 Å². The predicted octanol–water partition coefficient (Wildman–Crippen LogP) is 3.34. The molecule has 30 heavy (non-hydrogen) atoms. The largest absolute Gasteiger partial charge is 0.454 e. The van der Waals surface area contributed by atoms with E-state index in [1.165, 1.54) is 10.6 Å². The quantitative estimate of drug-likeness (QED) is 0.615. The lowest BCUT2D eigenvalue weighted by Gasteiger charge is -2.19. The van der Waals surface area contributed by atoms with Crippen molar-refractivity contribution in [2.75, 3.05) is 17.6 Å². The normalized spacial score (nSPS) is 11.5. The highest BCUT2D eigenvalue weighted by Gasteiger charge is 2.16. The molecule has 2 N–H and O–H groups in total. The van der Waals surface area contributed by atoms with Crippen LogP contribution in [0.5, 0.6) is 11.5 Å². The number of aromatic nitrogens is 1. The van der Waals surface area contributed by atoms with E-state index in [-0.39, 0.29) is 16.8 Å². The minimum Gasteiger partial charge on any atom is -0.454 e. The fourth-order valence-corrected chi connectivity index (χ4v) is 3.29. The van der Waals surface area contributed by atoms with Crippen molar-refractivity contribution in [1.82, 2.24) is 4.57 Å². The second-order valence-corrected chi connectivity index (χ2v) is 8.00. The molecular weight excluding hydrogens is 414 g/mol. The highest BCUT2D eigenvalue weighted by molar-refractivity contribution is 7.85. The molecule has 0 bridgehead atoms. The summed E-state index contributed by atoms with van der Waals surface area (Å²) in [5, 5.41) is 0. The van der Waals surface area contributed by atoms with Crippen LogP contribution in [-0.2, 0) is 18.0 Å². The van der Waals surface area contributed by atoms with Crippen LogP contribution in [0.1, 0.15) is 5.56 Å². The van der Waals surface area contributed by atoms with Gasteiger partial charge in [0.25, 0.3) is 5.56 Å².